The number of halogens is 1. The van der Waals surface area contributed by atoms with Crippen molar-refractivity contribution < 1.29 is 9.18 Å². The number of anilines is 1. The molecule has 0 spiro atoms. The standard InChI is InChI=1S/C26H22FN3O2S/c1-17(24(31)29-16-6-8-18-7-2-5-11-23(18)29)33-26-28-22-10-4-3-9-21(22)25(32)30(26)20-14-12-19(27)13-15-20/h2-5,7,9-15,17H,6,8,16H2,1H3. The van der Waals surface area contributed by atoms with Crippen LogP contribution in [0.3, 0.4) is 0 Å². The number of rotatable bonds is 4. The highest BCUT2D eigenvalue weighted by atomic mass is 32.2. The second kappa shape index (κ2) is 8.83. The smallest absolute Gasteiger partial charge is 0.266 e. The summed E-state index contributed by atoms with van der Waals surface area (Å²) in [5.74, 6) is -0.415. The van der Waals surface area contributed by atoms with Crippen molar-refractivity contribution in [3.8, 4) is 5.69 Å². The van der Waals surface area contributed by atoms with Crippen LogP contribution in [0.15, 0.2) is 82.7 Å². The number of benzene rings is 3. The fourth-order valence-corrected chi connectivity index (χ4v) is 5.19. The Kier molecular flexibility index (Phi) is 5.72. The molecule has 2 heterocycles. The van der Waals surface area contributed by atoms with Crippen molar-refractivity contribution in [1.29, 1.82) is 0 Å². The minimum atomic E-state index is -0.476. The van der Waals surface area contributed by atoms with E-state index in [1.165, 1.54) is 34.0 Å². The van der Waals surface area contributed by atoms with Crippen LogP contribution >= 0.6 is 11.8 Å². The molecule has 1 amide bonds. The topological polar surface area (TPSA) is 55.2 Å². The Labute approximate surface area is 194 Å². The minimum absolute atomic E-state index is 0.0276. The fourth-order valence-electron chi connectivity index (χ4n) is 4.20. The van der Waals surface area contributed by atoms with Crippen molar-refractivity contribution in [3.63, 3.8) is 0 Å². The number of hydrogen-bond donors (Lipinski definition) is 0. The van der Waals surface area contributed by atoms with Gasteiger partial charge in [0.25, 0.3) is 5.56 Å². The number of thioether (sulfide) groups is 1. The molecule has 0 fully saturated rings. The first kappa shape index (κ1) is 21.4. The van der Waals surface area contributed by atoms with Gasteiger partial charge in [-0.05, 0) is 67.8 Å². The van der Waals surface area contributed by atoms with Gasteiger partial charge in [-0.25, -0.2) is 9.37 Å². The molecule has 3 aromatic carbocycles. The monoisotopic (exact) mass is 459 g/mol. The molecule has 0 saturated heterocycles. The summed E-state index contributed by atoms with van der Waals surface area (Å²) < 4.78 is 15.0. The third kappa shape index (κ3) is 4.04. The molecule has 1 aliphatic rings. The molecule has 0 radical (unpaired) electrons. The molecule has 0 N–H and O–H groups in total. The van der Waals surface area contributed by atoms with Crippen molar-refractivity contribution in [2.24, 2.45) is 0 Å². The molecule has 33 heavy (non-hydrogen) atoms. The predicted molar refractivity (Wildman–Crippen MR) is 130 cm³/mol. The summed E-state index contributed by atoms with van der Waals surface area (Å²) in [7, 11) is 0. The Balaban J connectivity index is 1.55. The normalized spacial score (nSPS) is 14.2. The summed E-state index contributed by atoms with van der Waals surface area (Å²) in [5, 5.41) is 0.391. The Morgan fingerprint density at radius 1 is 1.03 bits per heavy atom. The van der Waals surface area contributed by atoms with Gasteiger partial charge in [0.2, 0.25) is 5.91 Å². The first-order chi connectivity index (χ1) is 16.0. The summed E-state index contributed by atoms with van der Waals surface area (Å²) in [6.45, 7) is 2.50. The van der Waals surface area contributed by atoms with Gasteiger partial charge < -0.3 is 4.90 Å². The zero-order valence-electron chi connectivity index (χ0n) is 18.1. The van der Waals surface area contributed by atoms with Gasteiger partial charge in [0, 0.05) is 12.2 Å². The van der Waals surface area contributed by atoms with Crippen LogP contribution in [0.1, 0.15) is 18.9 Å². The van der Waals surface area contributed by atoms with Gasteiger partial charge in [-0.15, -0.1) is 0 Å². The predicted octanol–water partition coefficient (Wildman–Crippen LogP) is 4.98. The second-order valence-electron chi connectivity index (χ2n) is 8.01. The van der Waals surface area contributed by atoms with Gasteiger partial charge in [0.1, 0.15) is 5.82 Å². The molecule has 0 aliphatic carbocycles. The molecule has 0 saturated carbocycles. The molecule has 1 aromatic heterocycles. The molecular weight excluding hydrogens is 437 g/mol. The van der Waals surface area contributed by atoms with Crippen LogP contribution in [0.25, 0.3) is 16.6 Å². The van der Waals surface area contributed by atoms with Gasteiger partial charge in [0.05, 0.1) is 21.8 Å². The summed E-state index contributed by atoms with van der Waals surface area (Å²) in [5.41, 5.74) is 2.93. The van der Waals surface area contributed by atoms with E-state index in [1.54, 1.807) is 30.3 Å². The van der Waals surface area contributed by atoms with E-state index in [0.717, 1.165) is 18.5 Å². The van der Waals surface area contributed by atoms with Crippen LogP contribution in [-0.2, 0) is 11.2 Å². The van der Waals surface area contributed by atoms with Crippen molar-refractivity contribution in [2.75, 3.05) is 11.4 Å². The lowest BCUT2D eigenvalue weighted by molar-refractivity contribution is -0.117. The van der Waals surface area contributed by atoms with Crippen molar-refractivity contribution in [2.45, 2.75) is 30.2 Å². The molecule has 1 aliphatic heterocycles. The number of aromatic nitrogens is 2. The first-order valence-corrected chi connectivity index (χ1v) is 11.7. The van der Waals surface area contributed by atoms with E-state index >= 15 is 0 Å². The van der Waals surface area contributed by atoms with E-state index in [-0.39, 0.29) is 17.3 Å². The van der Waals surface area contributed by atoms with Crippen LogP contribution < -0.4 is 10.5 Å². The zero-order valence-corrected chi connectivity index (χ0v) is 18.9. The molecule has 4 aromatic rings. The molecule has 1 unspecified atom stereocenters. The van der Waals surface area contributed by atoms with Gasteiger partial charge in [-0.2, -0.15) is 0 Å². The number of carbonyl (C=O) groups excluding carboxylic acids is 1. The quantitative estimate of drug-likeness (QED) is 0.319. The third-order valence-electron chi connectivity index (χ3n) is 5.84. The van der Waals surface area contributed by atoms with Gasteiger partial charge in [0.15, 0.2) is 5.16 Å². The van der Waals surface area contributed by atoms with Crippen LogP contribution in [0.2, 0.25) is 0 Å². The Hall–Kier alpha value is -3.45. The van der Waals surface area contributed by atoms with Gasteiger partial charge >= 0.3 is 0 Å². The lowest BCUT2D eigenvalue weighted by Crippen LogP contribution is -2.40. The van der Waals surface area contributed by atoms with E-state index in [9.17, 15) is 14.0 Å². The maximum Gasteiger partial charge on any atom is 0.266 e. The number of fused-ring (bicyclic) bond motifs is 2. The van der Waals surface area contributed by atoms with Crippen LogP contribution in [0.5, 0.6) is 0 Å². The minimum Gasteiger partial charge on any atom is -0.311 e. The largest absolute Gasteiger partial charge is 0.311 e. The zero-order chi connectivity index (χ0) is 22.9. The molecule has 5 rings (SSSR count). The Morgan fingerprint density at radius 2 is 1.76 bits per heavy atom. The van der Waals surface area contributed by atoms with Crippen molar-refractivity contribution in [1.82, 2.24) is 9.55 Å². The first-order valence-electron chi connectivity index (χ1n) is 10.9. The molecule has 7 heteroatoms. The number of nitrogens with zero attached hydrogens (tertiary/aromatic N) is 3. The summed E-state index contributed by atoms with van der Waals surface area (Å²) in [4.78, 5) is 33.4. The molecule has 166 valence electrons. The maximum absolute atomic E-state index is 13.5. The molecule has 0 bridgehead atoms. The summed E-state index contributed by atoms with van der Waals surface area (Å²) >= 11 is 1.24. The van der Waals surface area contributed by atoms with Crippen LogP contribution in [-0.4, -0.2) is 27.3 Å². The lowest BCUT2D eigenvalue weighted by Gasteiger charge is -2.31. The van der Waals surface area contributed by atoms with E-state index in [4.69, 9.17) is 4.98 Å². The average molecular weight is 460 g/mol. The molecular formula is C26H22FN3O2S. The van der Waals surface area contributed by atoms with E-state index in [2.05, 4.69) is 6.07 Å². The Bertz CT molecular complexity index is 1400. The summed E-state index contributed by atoms with van der Waals surface area (Å²) in [6.07, 6.45) is 1.87. The SMILES string of the molecule is CC(Sc1nc2ccccc2c(=O)n1-c1ccc(F)cc1)C(=O)N1CCCc2ccccc21. The summed E-state index contributed by atoms with van der Waals surface area (Å²) in [6, 6.07) is 20.8. The van der Waals surface area contributed by atoms with Crippen molar-refractivity contribution >= 4 is 34.3 Å². The van der Waals surface area contributed by atoms with Crippen LogP contribution in [0.4, 0.5) is 10.1 Å². The number of aryl methyl sites for hydroxylation is 1. The van der Waals surface area contributed by atoms with Crippen molar-refractivity contribution in [3.05, 3.63) is 94.5 Å². The molecule has 1 atom stereocenters. The van der Waals surface area contributed by atoms with Gasteiger partial charge in [-0.1, -0.05) is 42.1 Å². The number of amides is 1. The highest BCUT2D eigenvalue weighted by Gasteiger charge is 2.28. The van der Waals surface area contributed by atoms with E-state index < -0.39 is 5.25 Å². The number of hydrogen-bond acceptors (Lipinski definition) is 4. The average Bonchev–Trinajstić information content (AvgIpc) is 2.84. The van der Waals surface area contributed by atoms with Gasteiger partial charge in [-0.3, -0.25) is 14.2 Å². The second-order valence-corrected chi connectivity index (χ2v) is 9.32. The third-order valence-corrected chi connectivity index (χ3v) is 6.88. The highest BCUT2D eigenvalue weighted by Crippen LogP contribution is 2.31. The number of para-hydroxylation sites is 2. The fraction of sp³-hybridized carbons (Fsp3) is 0.192. The van der Waals surface area contributed by atoms with E-state index in [1.807, 2.05) is 36.1 Å². The maximum atomic E-state index is 13.5. The Morgan fingerprint density at radius 3 is 2.58 bits per heavy atom. The molecule has 5 nitrogen and oxygen atoms in total. The highest BCUT2D eigenvalue weighted by molar-refractivity contribution is 8.00. The lowest BCUT2D eigenvalue weighted by atomic mass is 10.0. The van der Waals surface area contributed by atoms with E-state index in [0.29, 0.717) is 28.3 Å². The van der Waals surface area contributed by atoms with Crippen LogP contribution in [0, 0.1) is 5.82 Å². The number of carbonyl (C=O) groups is 1.